The van der Waals surface area contributed by atoms with E-state index in [2.05, 4.69) is 0 Å². The first-order valence-corrected chi connectivity index (χ1v) is 6.89. The van der Waals surface area contributed by atoms with E-state index >= 15 is 0 Å². The van der Waals surface area contributed by atoms with Crippen LogP contribution in [-0.2, 0) is 14.9 Å². The number of sulfonamides is 1. The van der Waals surface area contributed by atoms with E-state index in [1.54, 1.807) is 0 Å². The standard InChI is InChI=1S/C10H12N2O6S/c1-17-9-7-8(12(13)14)3-4-10(9)19(15,16)11-5-2-6-18-11/h3-4,7H,2,5-6H2,1H3. The van der Waals surface area contributed by atoms with Crippen LogP contribution in [0.15, 0.2) is 23.1 Å². The van der Waals surface area contributed by atoms with E-state index in [0.29, 0.717) is 13.0 Å². The van der Waals surface area contributed by atoms with E-state index in [1.165, 1.54) is 7.11 Å². The predicted molar refractivity (Wildman–Crippen MR) is 64.1 cm³/mol. The van der Waals surface area contributed by atoms with Crippen LogP contribution in [0.1, 0.15) is 6.42 Å². The molecule has 0 spiro atoms. The van der Waals surface area contributed by atoms with E-state index in [1.807, 2.05) is 0 Å². The summed E-state index contributed by atoms with van der Waals surface area (Å²) in [4.78, 5) is 14.9. The van der Waals surface area contributed by atoms with Crippen LogP contribution in [0.4, 0.5) is 5.69 Å². The molecular formula is C10H12N2O6S. The van der Waals surface area contributed by atoms with Crippen molar-refractivity contribution in [1.29, 1.82) is 0 Å². The van der Waals surface area contributed by atoms with Gasteiger partial charge in [0, 0.05) is 12.6 Å². The van der Waals surface area contributed by atoms with Gasteiger partial charge < -0.3 is 4.74 Å². The van der Waals surface area contributed by atoms with Crippen LogP contribution in [0.2, 0.25) is 0 Å². The molecule has 19 heavy (non-hydrogen) atoms. The minimum atomic E-state index is -3.86. The molecule has 1 saturated heterocycles. The van der Waals surface area contributed by atoms with Crippen LogP contribution in [0, 0.1) is 10.1 Å². The van der Waals surface area contributed by atoms with Crippen molar-refractivity contribution in [2.45, 2.75) is 11.3 Å². The Morgan fingerprint density at radius 1 is 1.47 bits per heavy atom. The minimum Gasteiger partial charge on any atom is -0.495 e. The lowest BCUT2D eigenvalue weighted by molar-refractivity contribution is -0.385. The first-order chi connectivity index (χ1) is 8.96. The summed E-state index contributed by atoms with van der Waals surface area (Å²) in [5.74, 6) is -0.0790. The number of non-ortho nitro benzene ring substituents is 1. The topological polar surface area (TPSA) is 99.0 Å². The molecule has 0 bridgehead atoms. The second kappa shape index (κ2) is 5.11. The Balaban J connectivity index is 2.47. The lowest BCUT2D eigenvalue weighted by Crippen LogP contribution is -2.27. The molecule has 1 fully saturated rings. The van der Waals surface area contributed by atoms with Crippen LogP contribution >= 0.6 is 0 Å². The zero-order valence-corrected chi connectivity index (χ0v) is 10.9. The first-order valence-electron chi connectivity index (χ1n) is 5.45. The number of hydroxylamine groups is 1. The molecule has 0 radical (unpaired) electrons. The van der Waals surface area contributed by atoms with Crippen LogP contribution in [0.5, 0.6) is 5.75 Å². The summed E-state index contributed by atoms with van der Waals surface area (Å²) in [5.41, 5.74) is -0.238. The average Bonchev–Trinajstić information content (AvgIpc) is 2.92. The summed E-state index contributed by atoms with van der Waals surface area (Å²) >= 11 is 0. The molecule has 1 heterocycles. The normalized spacial score (nSPS) is 16.5. The number of methoxy groups -OCH3 is 1. The molecule has 0 amide bonds. The Labute approximate surface area is 109 Å². The van der Waals surface area contributed by atoms with Gasteiger partial charge in [-0.2, -0.15) is 0 Å². The molecule has 1 aliphatic heterocycles. The lowest BCUT2D eigenvalue weighted by atomic mass is 10.3. The monoisotopic (exact) mass is 288 g/mol. The molecule has 1 aromatic carbocycles. The second-order valence-corrected chi connectivity index (χ2v) is 5.61. The number of rotatable bonds is 4. The Hall–Kier alpha value is -1.71. The largest absolute Gasteiger partial charge is 0.495 e. The van der Waals surface area contributed by atoms with Gasteiger partial charge in [0.2, 0.25) is 0 Å². The van der Waals surface area contributed by atoms with E-state index in [0.717, 1.165) is 22.7 Å². The maximum atomic E-state index is 12.2. The van der Waals surface area contributed by atoms with Crippen molar-refractivity contribution in [2.75, 3.05) is 20.3 Å². The predicted octanol–water partition coefficient (Wildman–Crippen LogP) is 0.929. The molecule has 104 valence electrons. The molecular weight excluding hydrogens is 276 g/mol. The third-order valence-corrected chi connectivity index (χ3v) is 4.34. The second-order valence-electron chi connectivity index (χ2n) is 3.81. The van der Waals surface area contributed by atoms with E-state index < -0.39 is 14.9 Å². The molecule has 0 N–H and O–H groups in total. The molecule has 9 heteroatoms. The zero-order chi connectivity index (χ0) is 14.0. The smallest absolute Gasteiger partial charge is 0.273 e. The fourth-order valence-electron chi connectivity index (χ4n) is 1.71. The molecule has 0 saturated carbocycles. The number of nitrogens with zero attached hydrogens (tertiary/aromatic N) is 2. The van der Waals surface area contributed by atoms with E-state index in [9.17, 15) is 18.5 Å². The fraction of sp³-hybridized carbons (Fsp3) is 0.400. The van der Waals surface area contributed by atoms with Crippen molar-refractivity contribution < 1.29 is 22.9 Å². The van der Waals surface area contributed by atoms with Gasteiger partial charge in [-0.05, 0) is 12.5 Å². The maximum Gasteiger partial charge on any atom is 0.273 e. The molecule has 8 nitrogen and oxygen atoms in total. The highest BCUT2D eigenvalue weighted by Gasteiger charge is 2.32. The highest BCUT2D eigenvalue weighted by molar-refractivity contribution is 7.89. The highest BCUT2D eigenvalue weighted by Crippen LogP contribution is 2.31. The third-order valence-electron chi connectivity index (χ3n) is 2.62. The summed E-state index contributed by atoms with van der Waals surface area (Å²) in [6.45, 7) is 0.580. The van der Waals surface area contributed by atoms with Gasteiger partial charge in [0.05, 0.1) is 24.7 Å². The summed E-state index contributed by atoms with van der Waals surface area (Å²) in [5, 5.41) is 10.7. The van der Waals surface area contributed by atoms with E-state index in [4.69, 9.17) is 9.57 Å². The summed E-state index contributed by atoms with van der Waals surface area (Å²) < 4.78 is 30.3. The summed E-state index contributed by atoms with van der Waals surface area (Å²) in [7, 11) is -2.61. The Bertz CT molecular complexity index is 594. The molecule has 1 aromatic rings. The number of ether oxygens (including phenoxy) is 1. The van der Waals surface area contributed by atoms with Crippen molar-refractivity contribution in [3.63, 3.8) is 0 Å². The van der Waals surface area contributed by atoms with Crippen molar-refractivity contribution >= 4 is 15.7 Å². The molecule has 1 aliphatic rings. The zero-order valence-electron chi connectivity index (χ0n) is 10.1. The van der Waals surface area contributed by atoms with Crippen LogP contribution in [0.25, 0.3) is 0 Å². The number of hydrogen-bond donors (Lipinski definition) is 0. The lowest BCUT2D eigenvalue weighted by Gasteiger charge is -2.16. The van der Waals surface area contributed by atoms with Crippen molar-refractivity contribution in [3.05, 3.63) is 28.3 Å². The van der Waals surface area contributed by atoms with Gasteiger partial charge in [-0.1, -0.05) is 4.47 Å². The van der Waals surface area contributed by atoms with Gasteiger partial charge >= 0.3 is 0 Å². The van der Waals surface area contributed by atoms with Crippen molar-refractivity contribution in [1.82, 2.24) is 4.47 Å². The minimum absolute atomic E-state index is 0.0790. The number of hydrogen-bond acceptors (Lipinski definition) is 6. The van der Waals surface area contributed by atoms with Gasteiger partial charge in [0.1, 0.15) is 10.6 Å². The Morgan fingerprint density at radius 3 is 2.74 bits per heavy atom. The highest BCUT2D eigenvalue weighted by atomic mass is 32.2. The van der Waals surface area contributed by atoms with Crippen LogP contribution in [0.3, 0.4) is 0 Å². The van der Waals surface area contributed by atoms with Crippen LogP contribution < -0.4 is 4.74 Å². The van der Waals surface area contributed by atoms with Gasteiger partial charge in [-0.15, -0.1) is 0 Å². The molecule has 0 unspecified atom stereocenters. The first kappa shape index (κ1) is 13.7. The SMILES string of the molecule is COc1cc([N+](=O)[O-])ccc1S(=O)(=O)N1CCCO1. The van der Waals surface area contributed by atoms with Gasteiger partial charge in [-0.3, -0.25) is 15.0 Å². The summed E-state index contributed by atoms with van der Waals surface area (Å²) in [6.07, 6.45) is 0.606. The molecule has 0 aromatic heterocycles. The Morgan fingerprint density at radius 2 is 2.21 bits per heavy atom. The average molecular weight is 288 g/mol. The van der Waals surface area contributed by atoms with Crippen molar-refractivity contribution in [2.24, 2.45) is 0 Å². The maximum absolute atomic E-state index is 12.2. The van der Waals surface area contributed by atoms with Gasteiger partial charge in [0.15, 0.2) is 0 Å². The van der Waals surface area contributed by atoms with Crippen LogP contribution in [-0.4, -0.2) is 38.1 Å². The van der Waals surface area contributed by atoms with Gasteiger partial charge in [-0.25, -0.2) is 8.42 Å². The fourth-order valence-corrected chi connectivity index (χ4v) is 3.15. The van der Waals surface area contributed by atoms with Crippen molar-refractivity contribution in [3.8, 4) is 5.75 Å². The number of benzene rings is 1. The molecule has 0 aliphatic carbocycles. The quantitative estimate of drug-likeness (QED) is 0.603. The molecule has 0 atom stereocenters. The molecule has 2 rings (SSSR count). The Kier molecular flexibility index (Phi) is 3.69. The van der Waals surface area contributed by atoms with Gasteiger partial charge in [0.25, 0.3) is 15.7 Å². The number of nitro groups is 1. The third kappa shape index (κ3) is 2.53. The van der Waals surface area contributed by atoms with E-state index in [-0.39, 0.29) is 22.9 Å². The number of nitro benzene ring substituents is 1. The summed E-state index contributed by atoms with van der Waals surface area (Å²) in [6, 6.07) is 3.34.